The van der Waals surface area contributed by atoms with Gasteiger partial charge in [-0.1, -0.05) is 6.92 Å². The average Bonchev–Trinajstić information content (AvgIpc) is 3.50. The molecule has 4 aromatic rings. The van der Waals surface area contributed by atoms with E-state index < -0.39 is 22.8 Å². The molecule has 1 saturated heterocycles. The van der Waals surface area contributed by atoms with Crippen molar-refractivity contribution in [2.45, 2.75) is 52.0 Å². The summed E-state index contributed by atoms with van der Waals surface area (Å²) >= 11 is 1.07. The number of carbonyl (C=O) groups is 2. The van der Waals surface area contributed by atoms with Gasteiger partial charge in [-0.25, -0.2) is 19.2 Å². The van der Waals surface area contributed by atoms with Crippen LogP contribution in [0.2, 0.25) is 0 Å². The lowest BCUT2D eigenvalue weighted by molar-refractivity contribution is -0.123. The number of anilines is 1. The second kappa shape index (κ2) is 9.63. The van der Waals surface area contributed by atoms with E-state index in [0.717, 1.165) is 54.8 Å². The van der Waals surface area contributed by atoms with E-state index in [-0.39, 0.29) is 54.0 Å². The van der Waals surface area contributed by atoms with Crippen LogP contribution in [0.1, 0.15) is 59.7 Å². The van der Waals surface area contributed by atoms with Gasteiger partial charge >= 0.3 is 5.97 Å². The number of carboxylic acids is 1. The highest BCUT2D eigenvalue weighted by Crippen LogP contribution is 2.39. The summed E-state index contributed by atoms with van der Waals surface area (Å²) in [6.07, 6.45) is 4.31. The first-order valence-corrected chi connectivity index (χ1v) is 13.6. The molecule has 0 radical (unpaired) electrons. The van der Waals surface area contributed by atoms with Crippen LogP contribution >= 0.6 is 11.5 Å². The molecule has 202 valence electrons. The second-order valence-electron chi connectivity index (χ2n) is 10.2. The Morgan fingerprint density at radius 2 is 1.97 bits per heavy atom. The van der Waals surface area contributed by atoms with Crippen LogP contribution in [0.4, 0.5) is 10.2 Å². The van der Waals surface area contributed by atoms with Crippen LogP contribution in [0, 0.1) is 18.7 Å². The largest absolute Gasteiger partial charge is 0.477 e. The molecule has 11 nitrogen and oxygen atoms in total. The number of pyridine rings is 2. The highest BCUT2D eigenvalue weighted by atomic mass is 32.1. The third-order valence-corrected chi connectivity index (χ3v) is 7.91. The lowest BCUT2D eigenvalue weighted by Gasteiger charge is -2.39. The summed E-state index contributed by atoms with van der Waals surface area (Å²) in [5, 5.41) is 14.3. The van der Waals surface area contributed by atoms with Gasteiger partial charge in [0.15, 0.2) is 17.3 Å². The maximum atomic E-state index is 15.2. The van der Waals surface area contributed by atoms with Crippen LogP contribution in [-0.4, -0.2) is 58.6 Å². The molecule has 1 aliphatic heterocycles. The van der Waals surface area contributed by atoms with Gasteiger partial charge in [0, 0.05) is 49.0 Å². The first-order chi connectivity index (χ1) is 18.7. The van der Waals surface area contributed by atoms with Crippen molar-refractivity contribution in [1.29, 1.82) is 0 Å². The molecule has 0 amide bonds. The zero-order valence-corrected chi connectivity index (χ0v) is 22.2. The van der Waals surface area contributed by atoms with E-state index in [2.05, 4.69) is 26.4 Å². The highest BCUT2D eigenvalue weighted by molar-refractivity contribution is 7.08. The minimum atomic E-state index is -1.43. The minimum absolute atomic E-state index is 0.00206. The summed E-state index contributed by atoms with van der Waals surface area (Å²) in [5.41, 5.74) is 0.486. The average molecular weight is 552 g/mol. The van der Waals surface area contributed by atoms with E-state index in [1.54, 1.807) is 4.90 Å². The van der Waals surface area contributed by atoms with Gasteiger partial charge in [0.05, 0.1) is 23.4 Å². The summed E-state index contributed by atoms with van der Waals surface area (Å²) in [4.78, 5) is 48.2. The number of nitrogens with zero attached hydrogens (tertiary/aromatic N) is 7. The number of hydrogen-bond acceptors (Lipinski definition) is 9. The molecule has 13 heteroatoms. The molecule has 1 saturated carbocycles. The van der Waals surface area contributed by atoms with Gasteiger partial charge in [-0.2, -0.15) is 9.47 Å². The lowest BCUT2D eigenvalue weighted by Crippen LogP contribution is -2.51. The number of rotatable bonds is 9. The Hall–Kier alpha value is -4.00. The van der Waals surface area contributed by atoms with Gasteiger partial charge in [-0.05, 0) is 38.3 Å². The van der Waals surface area contributed by atoms with Crippen molar-refractivity contribution in [3.05, 3.63) is 57.1 Å². The molecule has 6 rings (SSSR count). The molecule has 1 N–H and O–H groups in total. The van der Waals surface area contributed by atoms with Gasteiger partial charge in [0.2, 0.25) is 10.6 Å². The monoisotopic (exact) mass is 551 g/mol. The number of Topliss-reactive ketones (excluding diaryl/α,β-unsaturated/α-hetero) is 1. The summed E-state index contributed by atoms with van der Waals surface area (Å²) < 4.78 is 22.9. The van der Waals surface area contributed by atoms with Crippen molar-refractivity contribution in [1.82, 2.24) is 28.7 Å². The molecular formula is C26H26FN7O4S. The van der Waals surface area contributed by atoms with E-state index in [4.69, 9.17) is 0 Å². The number of aromatic nitrogens is 6. The van der Waals surface area contributed by atoms with Crippen LogP contribution < -0.4 is 10.3 Å². The lowest BCUT2D eigenvalue weighted by atomic mass is 9.92. The van der Waals surface area contributed by atoms with Gasteiger partial charge in [-0.15, -0.1) is 0 Å². The van der Waals surface area contributed by atoms with Gasteiger partial charge in [0.1, 0.15) is 17.2 Å². The summed E-state index contributed by atoms with van der Waals surface area (Å²) in [5.74, 6) is -1.51. The van der Waals surface area contributed by atoms with Crippen molar-refractivity contribution in [3.63, 3.8) is 0 Å². The van der Waals surface area contributed by atoms with Gasteiger partial charge in [-0.3, -0.25) is 18.8 Å². The first-order valence-electron chi connectivity index (χ1n) is 12.9. The van der Waals surface area contributed by atoms with Crippen molar-refractivity contribution in [2.75, 3.05) is 18.0 Å². The predicted octanol–water partition coefficient (Wildman–Crippen LogP) is 3.11. The molecule has 0 aromatic carbocycles. The molecule has 0 atom stereocenters. The zero-order valence-electron chi connectivity index (χ0n) is 21.4. The van der Waals surface area contributed by atoms with Crippen molar-refractivity contribution in [2.24, 2.45) is 5.92 Å². The number of carbonyl (C=O) groups excluding carboxylic acids is 1. The molecule has 2 aliphatic rings. The molecule has 5 heterocycles. The maximum Gasteiger partial charge on any atom is 0.341 e. The van der Waals surface area contributed by atoms with E-state index in [1.807, 2.05) is 17.7 Å². The number of halogens is 1. The Morgan fingerprint density at radius 3 is 2.67 bits per heavy atom. The van der Waals surface area contributed by atoms with Crippen molar-refractivity contribution >= 4 is 40.1 Å². The number of aromatic carboxylic acids is 1. The topological polar surface area (TPSA) is 136 Å². The number of fused-ring (bicyclic) bond motifs is 1. The Kier molecular flexibility index (Phi) is 6.25. The highest BCUT2D eigenvalue weighted by Gasteiger charge is 2.36. The van der Waals surface area contributed by atoms with Crippen LogP contribution in [0.15, 0.2) is 23.1 Å². The van der Waals surface area contributed by atoms with Crippen LogP contribution in [-0.2, 0) is 17.8 Å². The summed E-state index contributed by atoms with van der Waals surface area (Å²) in [6.45, 7) is 5.39. The minimum Gasteiger partial charge on any atom is -0.477 e. The quantitative estimate of drug-likeness (QED) is 0.333. The van der Waals surface area contributed by atoms with Crippen LogP contribution in [0.5, 0.6) is 0 Å². The Balaban J connectivity index is 1.28. The Morgan fingerprint density at radius 1 is 1.21 bits per heavy atom. The third-order valence-electron chi connectivity index (χ3n) is 7.18. The smallest absolute Gasteiger partial charge is 0.341 e. The van der Waals surface area contributed by atoms with Gasteiger partial charge < -0.3 is 10.0 Å². The standard InChI is InChI=1S/C26H26FN7O4S/c1-3-6-34-13(2)7-16(30-34)8-20(35)15-10-32(11-15)24-19(27)9-17-21(36)18(25(37)38)12-33(23(17)29-24)26-28-22(31-39-26)14-4-5-14/h7,9,12,14-15H,3-6,8,10-11H2,1-2H3,(H,37,38). The number of aryl methyl sites for hydroxylation is 2. The van der Waals surface area contributed by atoms with Crippen LogP contribution in [0.25, 0.3) is 16.2 Å². The molecule has 0 bridgehead atoms. The maximum absolute atomic E-state index is 15.2. The molecule has 2 fully saturated rings. The molecule has 39 heavy (non-hydrogen) atoms. The van der Waals surface area contributed by atoms with Crippen molar-refractivity contribution in [3.8, 4) is 5.13 Å². The fourth-order valence-electron chi connectivity index (χ4n) is 4.85. The van der Waals surface area contributed by atoms with Crippen LogP contribution in [0.3, 0.4) is 0 Å². The fourth-order valence-corrected chi connectivity index (χ4v) is 5.57. The third kappa shape index (κ3) is 4.60. The zero-order chi connectivity index (χ0) is 27.4. The van der Waals surface area contributed by atoms with E-state index in [9.17, 15) is 19.5 Å². The fraction of sp³-hybridized carbons (Fsp3) is 0.423. The summed E-state index contributed by atoms with van der Waals surface area (Å²) in [6, 6.07) is 2.94. The number of carboxylic acid groups (broad SMARTS) is 1. The number of ketones is 1. The molecule has 0 spiro atoms. The van der Waals surface area contributed by atoms with Crippen molar-refractivity contribution < 1.29 is 19.1 Å². The molecule has 4 aromatic heterocycles. The van der Waals surface area contributed by atoms with Gasteiger partial charge in [0.25, 0.3) is 0 Å². The SMILES string of the molecule is CCCn1nc(CC(=O)C2CN(c3nc4c(cc3F)c(=O)c(C(=O)O)cn4-c3nc(C4CC4)ns3)C2)cc1C. The predicted molar refractivity (Wildman–Crippen MR) is 141 cm³/mol. The Bertz CT molecular complexity index is 1680. The normalized spacial score (nSPS) is 15.6. The molecule has 1 aliphatic carbocycles. The molecule has 0 unspecified atom stereocenters. The molecular weight excluding hydrogens is 525 g/mol. The summed E-state index contributed by atoms with van der Waals surface area (Å²) in [7, 11) is 0. The van der Waals surface area contributed by atoms with E-state index in [1.165, 1.54) is 10.8 Å². The Labute approximate surface area is 226 Å². The number of hydrogen-bond donors (Lipinski definition) is 1. The first kappa shape index (κ1) is 25.3. The second-order valence-corrected chi connectivity index (χ2v) is 10.9. The van der Waals surface area contributed by atoms with E-state index in [0.29, 0.717) is 11.0 Å². The van der Waals surface area contributed by atoms with E-state index >= 15 is 4.39 Å².